The summed E-state index contributed by atoms with van der Waals surface area (Å²) >= 11 is 4.89. The lowest BCUT2D eigenvalue weighted by Gasteiger charge is -2.18. The zero-order valence-electron chi connectivity index (χ0n) is 14.1. The molecule has 1 N–H and O–H groups in total. The molecule has 0 radical (unpaired) electrons. The summed E-state index contributed by atoms with van der Waals surface area (Å²) in [5, 5.41) is 4.69. The molecule has 0 bridgehead atoms. The Morgan fingerprint density at radius 3 is 2.42 bits per heavy atom. The number of anilines is 1. The molecule has 0 atom stereocenters. The summed E-state index contributed by atoms with van der Waals surface area (Å²) in [5.74, 6) is -0.220. The quantitative estimate of drug-likeness (QED) is 0.618. The second-order valence-corrected chi connectivity index (χ2v) is 7.56. The molecular formula is C20H17BrN2O2S. The van der Waals surface area contributed by atoms with E-state index < -0.39 is 0 Å². The number of thiophene rings is 1. The monoisotopic (exact) mass is 428 g/mol. The molecule has 1 heterocycles. The van der Waals surface area contributed by atoms with Crippen LogP contribution in [0, 0.1) is 0 Å². The average Bonchev–Trinajstić information content (AvgIpc) is 3.18. The second-order valence-electron chi connectivity index (χ2n) is 5.76. The van der Waals surface area contributed by atoms with E-state index in [0.29, 0.717) is 22.7 Å². The van der Waals surface area contributed by atoms with Crippen LogP contribution in [0.2, 0.25) is 0 Å². The number of rotatable bonds is 5. The number of amides is 2. The molecule has 0 fully saturated rings. The number of nitrogens with zero attached hydrogens (tertiary/aromatic N) is 1. The maximum Gasteiger partial charge on any atom is 0.265 e. The molecule has 1 aromatic heterocycles. The normalized spacial score (nSPS) is 10.4. The van der Waals surface area contributed by atoms with Gasteiger partial charge in [-0.3, -0.25) is 9.59 Å². The number of carbonyl (C=O) groups is 2. The van der Waals surface area contributed by atoms with Crippen LogP contribution < -0.4 is 5.32 Å². The van der Waals surface area contributed by atoms with Gasteiger partial charge in [-0.05, 0) is 47.3 Å². The molecule has 6 heteroatoms. The molecule has 2 aromatic carbocycles. The van der Waals surface area contributed by atoms with Crippen molar-refractivity contribution in [1.82, 2.24) is 4.90 Å². The van der Waals surface area contributed by atoms with Crippen LogP contribution in [0.4, 0.5) is 5.69 Å². The Labute approximate surface area is 164 Å². The van der Waals surface area contributed by atoms with Gasteiger partial charge in [0.05, 0.1) is 4.88 Å². The highest BCUT2D eigenvalue weighted by molar-refractivity contribution is 9.10. The standard InChI is InChI=1S/C20H17BrN2O2S/c1-23(13-15-5-2-3-6-17(15)21)20(25)14-8-10-16(11-9-14)22-19(24)18-7-4-12-26-18/h2-12H,13H2,1H3,(H,22,24). The van der Waals surface area contributed by atoms with Crippen molar-refractivity contribution in [2.24, 2.45) is 0 Å². The van der Waals surface area contributed by atoms with Gasteiger partial charge in [-0.1, -0.05) is 40.2 Å². The highest BCUT2D eigenvalue weighted by atomic mass is 79.9. The van der Waals surface area contributed by atoms with Crippen LogP contribution in [-0.2, 0) is 6.54 Å². The fourth-order valence-corrected chi connectivity index (χ4v) is 3.50. The largest absolute Gasteiger partial charge is 0.337 e. The van der Waals surface area contributed by atoms with Crippen LogP contribution in [0.25, 0.3) is 0 Å². The van der Waals surface area contributed by atoms with E-state index in [1.54, 1.807) is 42.3 Å². The fourth-order valence-electron chi connectivity index (χ4n) is 2.47. The lowest BCUT2D eigenvalue weighted by molar-refractivity contribution is 0.0784. The molecule has 3 aromatic rings. The topological polar surface area (TPSA) is 49.4 Å². The van der Waals surface area contributed by atoms with E-state index in [2.05, 4.69) is 21.2 Å². The Hall–Kier alpha value is -2.44. The number of carbonyl (C=O) groups excluding carboxylic acids is 2. The van der Waals surface area contributed by atoms with Gasteiger partial charge in [-0.15, -0.1) is 11.3 Å². The molecule has 0 saturated carbocycles. The number of benzene rings is 2. The summed E-state index contributed by atoms with van der Waals surface area (Å²) < 4.78 is 0.978. The highest BCUT2D eigenvalue weighted by Gasteiger charge is 2.14. The minimum absolute atomic E-state index is 0.0723. The predicted molar refractivity (Wildman–Crippen MR) is 109 cm³/mol. The maximum absolute atomic E-state index is 12.6. The number of hydrogen-bond acceptors (Lipinski definition) is 3. The van der Waals surface area contributed by atoms with Gasteiger partial charge in [0.25, 0.3) is 11.8 Å². The first-order chi connectivity index (χ1) is 12.5. The van der Waals surface area contributed by atoms with Crippen molar-refractivity contribution < 1.29 is 9.59 Å². The summed E-state index contributed by atoms with van der Waals surface area (Å²) in [6.45, 7) is 0.511. The Morgan fingerprint density at radius 2 is 1.77 bits per heavy atom. The van der Waals surface area contributed by atoms with Crippen molar-refractivity contribution in [3.63, 3.8) is 0 Å². The zero-order chi connectivity index (χ0) is 18.5. The third kappa shape index (κ3) is 4.39. The SMILES string of the molecule is CN(Cc1ccccc1Br)C(=O)c1ccc(NC(=O)c2cccs2)cc1. The molecule has 4 nitrogen and oxygen atoms in total. The fraction of sp³-hybridized carbons (Fsp3) is 0.100. The van der Waals surface area contributed by atoms with Gasteiger partial charge < -0.3 is 10.2 Å². The Balaban J connectivity index is 1.65. The smallest absolute Gasteiger partial charge is 0.265 e. The molecule has 2 amide bonds. The summed E-state index contributed by atoms with van der Waals surface area (Å²) in [6, 6.07) is 18.4. The maximum atomic E-state index is 12.6. The van der Waals surface area contributed by atoms with Gasteiger partial charge in [0.2, 0.25) is 0 Å². The lowest BCUT2D eigenvalue weighted by atomic mass is 10.1. The van der Waals surface area contributed by atoms with Crippen LogP contribution >= 0.6 is 27.3 Å². The first-order valence-corrected chi connectivity index (χ1v) is 9.65. The molecule has 0 aliphatic rings. The van der Waals surface area contributed by atoms with E-state index in [1.807, 2.05) is 35.7 Å². The summed E-state index contributed by atoms with van der Waals surface area (Å²) in [5.41, 5.74) is 2.28. The van der Waals surface area contributed by atoms with E-state index in [9.17, 15) is 9.59 Å². The van der Waals surface area contributed by atoms with E-state index in [4.69, 9.17) is 0 Å². The summed E-state index contributed by atoms with van der Waals surface area (Å²) in [7, 11) is 1.77. The minimum atomic E-state index is -0.148. The van der Waals surface area contributed by atoms with Crippen LogP contribution in [0.3, 0.4) is 0 Å². The van der Waals surface area contributed by atoms with Gasteiger partial charge >= 0.3 is 0 Å². The molecule has 26 heavy (non-hydrogen) atoms. The first kappa shape index (κ1) is 18.4. The third-order valence-corrected chi connectivity index (χ3v) is 5.49. The molecule has 3 rings (SSSR count). The van der Waals surface area contributed by atoms with Crippen molar-refractivity contribution in [2.75, 3.05) is 12.4 Å². The van der Waals surface area contributed by atoms with E-state index in [-0.39, 0.29) is 11.8 Å². The van der Waals surface area contributed by atoms with Crippen LogP contribution in [0.5, 0.6) is 0 Å². The van der Waals surface area contributed by atoms with Crippen molar-refractivity contribution in [2.45, 2.75) is 6.54 Å². The number of hydrogen-bond donors (Lipinski definition) is 1. The molecule has 0 spiro atoms. The van der Waals surface area contributed by atoms with E-state index >= 15 is 0 Å². The van der Waals surface area contributed by atoms with Crippen molar-refractivity contribution in [3.05, 3.63) is 86.5 Å². The van der Waals surface area contributed by atoms with Gasteiger partial charge in [0, 0.05) is 29.3 Å². The molecule has 132 valence electrons. The Bertz CT molecular complexity index is 908. The van der Waals surface area contributed by atoms with Gasteiger partial charge in [-0.25, -0.2) is 0 Å². The third-order valence-electron chi connectivity index (χ3n) is 3.85. The molecule has 0 unspecified atom stereocenters. The Kier molecular flexibility index (Phi) is 5.85. The second kappa shape index (κ2) is 8.29. The Morgan fingerprint density at radius 1 is 1.04 bits per heavy atom. The van der Waals surface area contributed by atoms with Crippen LogP contribution in [-0.4, -0.2) is 23.8 Å². The number of halogens is 1. The van der Waals surface area contributed by atoms with Gasteiger partial charge in [0.15, 0.2) is 0 Å². The highest BCUT2D eigenvalue weighted by Crippen LogP contribution is 2.19. The predicted octanol–water partition coefficient (Wildman–Crippen LogP) is 5.04. The minimum Gasteiger partial charge on any atom is -0.337 e. The average molecular weight is 429 g/mol. The summed E-state index contributed by atoms with van der Waals surface area (Å²) in [4.78, 5) is 27.0. The molecule has 0 saturated heterocycles. The van der Waals surface area contributed by atoms with Crippen molar-refractivity contribution in [3.8, 4) is 0 Å². The lowest BCUT2D eigenvalue weighted by Crippen LogP contribution is -2.26. The summed E-state index contributed by atoms with van der Waals surface area (Å²) in [6.07, 6.45) is 0. The van der Waals surface area contributed by atoms with E-state index in [0.717, 1.165) is 10.0 Å². The van der Waals surface area contributed by atoms with Crippen molar-refractivity contribution in [1.29, 1.82) is 0 Å². The van der Waals surface area contributed by atoms with Crippen LogP contribution in [0.1, 0.15) is 25.6 Å². The van der Waals surface area contributed by atoms with Crippen LogP contribution in [0.15, 0.2) is 70.5 Å². The van der Waals surface area contributed by atoms with Gasteiger partial charge in [0.1, 0.15) is 0 Å². The van der Waals surface area contributed by atoms with Crippen molar-refractivity contribution >= 4 is 44.8 Å². The van der Waals surface area contributed by atoms with E-state index in [1.165, 1.54) is 11.3 Å². The van der Waals surface area contributed by atoms with Gasteiger partial charge in [-0.2, -0.15) is 0 Å². The molecule has 0 aliphatic carbocycles. The zero-order valence-corrected chi connectivity index (χ0v) is 16.5. The molecular weight excluding hydrogens is 412 g/mol. The molecule has 0 aliphatic heterocycles. The number of nitrogens with one attached hydrogen (secondary N) is 1. The first-order valence-electron chi connectivity index (χ1n) is 7.98.